The first-order chi connectivity index (χ1) is 8.68. The molecule has 0 heterocycles. The molecule has 2 aromatic rings. The molecule has 2 rings (SSSR count). The van der Waals surface area contributed by atoms with E-state index in [0.717, 1.165) is 5.56 Å². The Kier molecular flexibility index (Phi) is 3.48. The molecule has 0 spiro atoms. The number of hydrogen-bond donors (Lipinski definition) is 3. The Labute approximate surface area is 106 Å². The van der Waals surface area contributed by atoms with E-state index in [1.807, 2.05) is 18.2 Å². The van der Waals surface area contributed by atoms with Crippen LogP contribution in [0.15, 0.2) is 48.5 Å². The van der Waals surface area contributed by atoms with Crippen molar-refractivity contribution in [3.8, 4) is 0 Å². The van der Waals surface area contributed by atoms with E-state index in [-0.39, 0.29) is 5.91 Å². The van der Waals surface area contributed by atoms with E-state index in [1.165, 1.54) is 0 Å². The zero-order valence-corrected chi connectivity index (χ0v) is 9.89. The van der Waals surface area contributed by atoms with Gasteiger partial charge in [-0.1, -0.05) is 30.3 Å². The number of nitrogen functional groups attached to an aromatic ring is 2. The molecule has 0 aromatic heterocycles. The van der Waals surface area contributed by atoms with Crippen molar-refractivity contribution in [2.45, 2.75) is 6.54 Å². The third-order valence-electron chi connectivity index (χ3n) is 2.70. The summed E-state index contributed by atoms with van der Waals surface area (Å²) in [5.74, 6) is -0.198. The van der Waals surface area contributed by atoms with Crippen molar-refractivity contribution in [2.24, 2.45) is 0 Å². The van der Waals surface area contributed by atoms with E-state index in [2.05, 4.69) is 5.32 Å². The van der Waals surface area contributed by atoms with Crippen LogP contribution in [0.4, 0.5) is 11.4 Å². The molecule has 0 unspecified atom stereocenters. The monoisotopic (exact) mass is 241 g/mol. The molecule has 4 heteroatoms. The van der Waals surface area contributed by atoms with E-state index >= 15 is 0 Å². The molecule has 0 fully saturated rings. The zero-order valence-electron chi connectivity index (χ0n) is 9.89. The highest BCUT2D eigenvalue weighted by Crippen LogP contribution is 2.12. The number of anilines is 2. The van der Waals surface area contributed by atoms with Gasteiger partial charge >= 0.3 is 0 Å². The molecule has 1 amide bonds. The van der Waals surface area contributed by atoms with Gasteiger partial charge in [-0.15, -0.1) is 0 Å². The summed E-state index contributed by atoms with van der Waals surface area (Å²) in [7, 11) is 0. The molecule has 0 aliphatic rings. The lowest BCUT2D eigenvalue weighted by Gasteiger charge is -2.09. The van der Waals surface area contributed by atoms with Gasteiger partial charge in [-0.25, -0.2) is 0 Å². The average Bonchev–Trinajstić information content (AvgIpc) is 2.38. The van der Waals surface area contributed by atoms with Gasteiger partial charge in [0.1, 0.15) is 0 Å². The highest BCUT2D eigenvalue weighted by Gasteiger charge is 2.08. The quantitative estimate of drug-likeness (QED) is 0.716. The van der Waals surface area contributed by atoms with Crippen LogP contribution in [0.2, 0.25) is 0 Å². The maximum atomic E-state index is 11.9. The number of benzene rings is 2. The maximum absolute atomic E-state index is 11.9. The molecule has 0 radical (unpaired) electrons. The van der Waals surface area contributed by atoms with Crippen LogP contribution in [0.5, 0.6) is 0 Å². The molecule has 5 N–H and O–H groups in total. The van der Waals surface area contributed by atoms with E-state index in [9.17, 15) is 4.79 Å². The van der Waals surface area contributed by atoms with E-state index < -0.39 is 0 Å². The Bertz CT molecular complexity index is 566. The lowest BCUT2D eigenvalue weighted by molar-refractivity contribution is 0.0952. The predicted octanol–water partition coefficient (Wildman–Crippen LogP) is 1.78. The van der Waals surface area contributed by atoms with Crippen molar-refractivity contribution >= 4 is 17.3 Å². The van der Waals surface area contributed by atoms with Gasteiger partial charge in [0.05, 0.1) is 5.56 Å². The number of rotatable bonds is 3. The van der Waals surface area contributed by atoms with Crippen molar-refractivity contribution in [1.82, 2.24) is 5.32 Å². The molecule has 2 aromatic carbocycles. The van der Waals surface area contributed by atoms with Gasteiger partial charge in [0, 0.05) is 17.9 Å². The molecule has 0 saturated heterocycles. The van der Waals surface area contributed by atoms with Crippen molar-refractivity contribution in [3.63, 3.8) is 0 Å². The number of carbonyl (C=O) groups is 1. The standard InChI is InChI=1S/C14H15N3O/c15-12-7-3-1-5-10(12)9-17-14(18)11-6-2-4-8-13(11)16/h1-8H,9,15-16H2,(H,17,18). The molecule has 0 bridgehead atoms. The van der Waals surface area contributed by atoms with Crippen LogP contribution in [0.25, 0.3) is 0 Å². The van der Waals surface area contributed by atoms with Crippen LogP contribution >= 0.6 is 0 Å². The summed E-state index contributed by atoms with van der Waals surface area (Å²) in [6.45, 7) is 0.389. The normalized spacial score (nSPS) is 10.0. The van der Waals surface area contributed by atoms with Gasteiger partial charge in [-0.05, 0) is 23.8 Å². The van der Waals surface area contributed by atoms with Crippen molar-refractivity contribution in [2.75, 3.05) is 11.5 Å². The Morgan fingerprint density at radius 3 is 2.22 bits per heavy atom. The van der Waals surface area contributed by atoms with Crippen LogP contribution in [0, 0.1) is 0 Å². The summed E-state index contributed by atoms with van der Waals surface area (Å²) in [5, 5.41) is 2.80. The Morgan fingerprint density at radius 1 is 0.944 bits per heavy atom. The summed E-state index contributed by atoms with van der Waals surface area (Å²) in [6.07, 6.45) is 0. The van der Waals surface area contributed by atoms with Crippen molar-refractivity contribution in [3.05, 3.63) is 59.7 Å². The van der Waals surface area contributed by atoms with Gasteiger partial charge in [0.2, 0.25) is 0 Å². The summed E-state index contributed by atoms with van der Waals surface area (Å²) in [4.78, 5) is 11.9. The molecule has 92 valence electrons. The summed E-state index contributed by atoms with van der Waals surface area (Å²) in [5.41, 5.74) is 14.0. The summed E-state index contributed by atoms with van der Waals surface area (Å²) >= 11 is 0. The number of para-hydroxylation sites is 2. The third kappa shape index (κ3) is 2.60. The van der Waals surface area contributed by atoms with Crippen LogP contribution < -0.4 is 16.8 Å². The van der Waals surface area contributed by atoms with Crippen LogP contribution in [0.3, 0.4) is 0 Å². The highest BCUT2D eigenvalue weighted by atomic mass is 16.1. The zero-order chi connectivity index (χ0) is 13.0. The minimum absolute atomic E-state index is 0.198. The average molecular weight is 241 g/mol. The SMILES string of the molecule is Nc1ccccc1CNC(=O)c1ccccc1N. The molecule has 0 atom stereocenters. The predicted molar refractivity (Wildman–Crippen MR) is 72.9 cm³/mol. The molecule has 18 heavy (non-hydrogen) atoms. The van der Waals surface area contributed by atoms with Crippen LogP contribution in [-0.4, -0.2) is 5.91 Å². The second-order valence-corrected chi connectivity index (χ2v) is 3.97. The lowest BCUT2D eigenvalue weighted by atomic mass is 10.1. The molecular weight excluding hydrogens is 226 g/mol. The largest absolute Gasteiger partial charge is 0.398 e. The minimum Gasteiger partial charge on any atom is -0.398 e. The highest BCUT2D eigenvalue weighted by molar-refractivity contribution is 5.99. The third-order valence-corrected chi connectivity index (χ3v) is 2.70. The fraction of sp³-hybridized carbons (Fsp3) is 0.0714. The summed E-state index contributed by atoms with van der Waals surface area (Å²) in [6, 6.07) is 14.4. The van der Waals surface area contributed by atoms with E-state index in [0.29, 0.717) is 23.5 Å². The summed E-state index contributed by atoms with van der Waals surface area (Å²) < 4.78 is 0. The van der Waals surface area contributed by atoms with E-state index in [1.54, 1.807) is 30.3 Å². The molecule has 4 nitrogen and oxygen atoms in total. The molecule has 0 aliphatic heterocycles. The second-order valence-electron chi connectivity index (χ2n) is 3.97. The first-order valence-electron chi connectivity index (χ1n) is 5.64. The first-order valence-corrected chi connectivity index (χ1v) is 5.64. The Balaban J connectivity index is 2.06. The number of hydrogen-bond acceptors (Lipinski definition) is 3. The van der Waals surface area contributed by atoms with Gasteiger partial charge in [0.25, 0.3) is 5.91 Å². The number of amides is 1. The number of nitrogens with two attached hydrogens (primary N) is 2. The van der Waals surface area contributed by atoms with Gasteiger partial charge in [-0.3, -0.25) is 4.79 Å². The van der Waals surface area contributed by atoms with Crippen LogP contribution in [0.1, 0.15) is 15.9 Å². The van der Waals surface area contributed by atoms with Crippen LogP contribution in [-0.2, 0) is 6.54 Å². The first kappa shape index (κ1) is 12.0. The Hall–Kier alpha value is -2.49. The topological polar surface area (TPSA) is 81.1 Å². The van der Waals surface area contributed by atoms with Gasteiger partial charge < -0.3 is 16.8 Å². The number of carbonyl (C=O) groups excluding carboxylic acids is 1. The fourth-order valence-electron chi connectivity index (χ4n) is 1.67. The smallest absolute Gasteiger partial charge is 0.253 e. The minimum atomic E-state index is -0.198. The van der Waals surface area contributed by atoms with Crippen molar-refractivity contribution in [1.29, 1.82) is 0 Å². The Morgan fingerprint density at radius 2 is 1.56 bits per heavy atom. The molecule has 0 aliphatic carbocycles. The second kappa shape index (κ2) is 5.23. The maximum Gasteiger partial charge on any atom is 0.253 e. The van der Waals surface area contributed by atoms with Gasteiger partial charge in [-0.2, -0.15) is 0 Å². The number of nitrogens with one attached hydrogen (secondary N) is 1. The molecular formula is C14H15N3O. The molecule has 0 saturated carbocycles. The van der Waals surface area contributed by atoms with Crippen molar-refractivity contribution < 1.29 is 4.79 Å². The van der Waals surface area contributed by atoms with E-state index in [4.69, 9.17) is 11.5 Å². The van der Waals surface area contributed by atoms with Gasteiger partial charge in [0.15, 0.2) is 0 Å². The fourth-order valence-corrected chi connectivity index (χ4v) is 1.67. The lowest BCUT2D eigenvalue weighted by Crippen LogP contribution is -2.24.